The van der Waals surface area contributed by atoms with Crippen molar-refractivity contribution in [2.75, 3.05) is 7.11 Å². The van der Waals surface area contributed by atoms with Gasteiger partial charge in [0.05, 0.1) is 29.8 Å². The molecule has 0 bridgehead atoms. The number of hydrogen-bond donors (Lipinski definition) is 0. The van der Waals surface area contributed by atoms with E-state index < -0.39 is 5.97 Å². The molecule has 0 radical (unpaired) electrons. The fraction of sp³-hybridized carbons (Fsp3) is 0.0345. The highest BCUT2D eigenvalue weighted by molar-refractivity contribution is 5.91. The van der Waals surface area contributed by atoms with Crippen LogP contribution in [0.2, 0.25) is 0 Å². The molecule has 0 amide bonds. The van der Waals surface area contributed by atoms with Crippen LogP contribution >= 0.6 is 0 Å². The molecule has 1 heterocycles. The van der Waals surface area contributed by atoms with Gasteiger partial charge < -0.3 is 9.47 Å². The van der Waals surface area contributed by atoms with E-state index in [2.05, 4.69) is 5.10 Å². The third kappa shape index (κ3) is 4.63. The van der Waals surface area contributed by atoms with E-state index in [0.717, 1.165) is 5.56 Å². The lowest BCUT2D eigenvalue weighted by atomic mass is 10.2. The normalized spacial score (nSPS) is 11.0. The number of fused-ring (bicyclic) bond motifs is 1. The smallest absolute Gasteiger partial charge is 0.343 e. The molecule has 0 saturated heterocycles. The molecule has 176 valence electrons. The molecule has 0 saturated carbocycles. The molecule has 5 rings (SSSR count). The number of benzene rings is 4. The Morgan fingerprint density at radius 1 is 0.861 bits per heavy atom. The summed E-state index contributed by atoms with van der Waals surface area (Å²) in [5, 5.41) is 4.94. The number of carbonyl (C=O) groups is 1. The van der Waals surface area contributed by atoms with Gasteiger partial charge in [-0.05, 0) is 48.0 Å². The number of ether oxygens (including phenoxy) is 2. The highest BCUT2D eigenvalue weighted by atomic mass is 16.6. The minimum absolute atomic E-state index is 0.276. The minimum Gasteiger partial charge on any atom is -0.493 e. The highest BCUT2D eigenvalue weighted by Gasteiger charge is 2.14. The van der Waals surface area contributed by atoms with Crippen molar-refractivity contribution in [1.29, 1.82) is 0 Å². The summed E-state index contributed by atoms with van der Waals surface area (Å²) in [6.45, 7) is 0. The Labute approximate surface area is 206 Å². The Morgan fingerprint density at radius 2 is 1.56 bits per heavy atom. The third-order valence-corrected chi connectivity index (χ3v) is 5.51. The molecule has 0 aliphatic rings. The zero-order chi connectivity index (χ0) is 24.9. The van der Waals surface area contributed by atoms with Crippen LogP contribution in [0.25, 0.3) is 22.3 Å². The summed E-state index contributed by atoms with van der Waals surface area (Å²) in [5.41, 5.74) is 2.15. The van der Waals surface area contributed by atoms with Gasteiger partial charge in [0, 0.05) is 5.56 Å². The summed E-state index contributed by atoms with van der Waals surface area (Å²) in [4.78, 5) is 30.4. The summed E-state index contributed by atoms with van der Waals surface area (Å²) in [6, 6.07) is 30.3. The van der Waals surface area contributed by atoms with E-state index in [4.69, 9.17) is 14.5 Å². The van der Waals surface area contributed by atoms with E-state index in [1.54, 1.807) is 60.7 Å². The van der Waals surface area contributed by atoms with E-state index in [0.29, 0.717) is 33.6 Å². The Kier molecular flexibility index (Phi) is 6.36. The van der Waals surface area contributed by atoms with Gasteiger partial charge in [0.15, 0.2) is 17.3 Å². The molecule has 36 heavy (non-hydrogen) atoms. The summed E-state index contributed by atoms with van der Waals surface area (Å²) in [5.74, 6) is 0.570. The van der Waals surface area contributed by atoms with Gasteiger partial charge in [-0.1, -0.05) is 60.7 Å². The maximum Gasteiger partial charge on any atom is 0.343 e. The monoisotopic (exact) mass is 475 g/mol. The number of methoxy groups -OCH3 is 1. The van der Waals surface area contributed by atoms with Crippen LogP contribution in [0.1, 0.15) is 15.9 Å². The van der Waals surface area contributed by atoms with E-state index >= 15 is 0 Å². The third-order valence-electron chi connectivity index (χ3n) is 5.51. The molecule has 0 spiro atoms. The summed E-state index contributed by atoms with van der Waals surface area (Å²) in [6.07, 6.45) is 1.54. The van der Waals surface area contributed by atoms with Gasteiger partial charge in [-0.25, -0.2) is 9.78 Å². The number of para-hydroxylation sites is 1. The van der Waals surface area contributed by atoms with Crippen molar-refractivity contribution >= 4 is 23.1 Å². The fourth-order valence-corrected chi connectivity index (χ4v) is 3.71. The van der Waals surface area contributed by atoms with Crippen LogP contribution in [0.15, 0.2) is 113 Å². The maximum atomic E-state index is 13.3. The molecule has 7 heteroatoms. The lowest BCUT2D eigenvalue weighted by molar-refractivity contribution is 0.0729. The van der Waals surface area contributed by atoms with Crippen molar-refractivity contribution in [1.82, 2.24) is 9.66 Å². The molecular formula is C29H21N3O4. The zero-order valence-corrected chi connectivity index (χ0v) is 19.4. The van der Waals surface area contributed by atoms with Gasteiger partial charge >= 0.3 is 5.97 Å². The molecule has 0 aliphatic heterocycles. The SMILES string of the molecule is COc1cc(C=Nn2c(-c3ccccc3)nc3ccccc3c2=O)ccc1OC(=O)c1ccccc1. The van der Waals surface area contributed by atoms with Crippen LogP contribution in [0.4, 0.5) is 0 Å². The molecule has 5 aromatic rings. The summed E-state index contributed by atoms with van der Waals surface area (Å²) < 4.78 is 12.2. The molecule has 0 aliphatic carbocycles. The van der Waals surface area contributed by atoms with Crippen LogP contribution in [0.5, 0.6) is 11.5 Å². The second kappa shape index (κ2) is 10.1. The van der Waals surface area contributed by atoms with Crippen LogP contribution < -0.4 is 15.0 Å². The molecule has 4 aromatic carbocycles. The topological polar surface area (TPSA) is 82.8 Å². The molecule has 7 nitrogen and oxygen atoms in total. The molecule has 0 atom stereocenters. The predicted octanol–water partition coefficient (Wildman–Crippen LogP) is 5.17. The van der Waals surface area contributed by atoms with Crippen molar-refractivity contribution in [3.63, 3.8) is 0 Å². The number of aromatic nitrogens is 2. The van der Waals surface area contributed by atoms with E-state index in [-0.39, 0.29) is 11.3 Å². The number of esters is 1. The molecular weight excluding hydrogens is 454 g/mol. The Balaban J connectivity index is 1.51. The second-order valence-electron chi connectivity index (χ2n) is 7.85. The molecule has 1 aromatic heterocycles. The second-order valence-corrected chi connectivity index (χ2v) is 7.85. The van der Waals surface area contributed by atoms with Gasteiger partial charge in [0.1, 0.15) is 0 Å². The standard InChI is InChI=1S/C29H21N3O4/c1-35-26-18-20(16-17-25(26)36-29(34)22-12-6-3-7-13-22)19-30-32-27(21-10-4-2-5-11-21)31-24-15-9-8-14-23(24)28(32)33/h2-19H,1H3. The first-order valence-electron chi connectivity index (χ1n) is 11.2. The van der Waals surface area contributed by atoms with Gasteiger partial charge in [0.2, 0.25) is 0 Å². The van der Waals surface area contributed by atoms with Crippen molar-refractivity contribution in [2.24, 2.45) is 5.10 Å². The van der Waals surface area contributed by atoms with E-state index in [1.807, 2.05) is 42.5 Å². The lowest BCUT2D eigenvalue weighted by Crippen LogP contribution is -2.20. The van der Waals surface area contributed by atoms with Crippen LogP contribution in [-0.4, -0.2) is 29.0 Å². The number of carbonyl (C=O) groups excluding carboxylic acids is 1. The first kappa shape index (κ1) is 22.7. The minimum atomic E-state index is -0.489. The van der Waals surface area contributed by atoms with E-state index in [9.17, 15) is 9.59 Å². The number of rotatable bonds is 6. The van der Waals surface area contributed by atoms with Gasteiger partial charge in [0.25, 0.3) is 5.56 Å². The highest BCUT2D eigenvalue weighted by Crippen LogP contribution is 2.28. The molecule has 0 unspecified atom stereocenters. The predicted molar refractivity (Wildman–Crippen MR) is 139 cm³/mol. The maximum absolute atomic E-state index is 13.3. The van der Waals surface area contributed by atoms with Crippen LogP contribution in [0.3, 0.4) is 0 Å². The largest absolute Gasteiger partial charge is 0.493 e. The summed E-state index contributed by atoms with van der Waals surface area (Å²) in [7, 11) is 1.49. The Bertz CT molecular complexity index is 1630. The van der Waals surface area contributed by atoms with Crippen molar-refractivity contribution in [2.45, 2.75) is 0 Å². The number of hydrogen-bond acceptors (Lipinski definition) is 6. The quantitative estimate of drug-likeness (QED) is 0.192. The Morgan fingerprint density at radius 3 is 2.31 bits per heavy atom. The molecule has 0 fully saturated rings. The number of nitrogens with zero attached hydrogens (tertiary/aromatic N) is 3. The first-order valence-corrected chi connectivity index (χ1v) is 11.2. The van der Waals surface area contributed by atoms with Gasteiger partial charge in [-0.2, -0.15) is 9.78 Å². The fourth-order valence-electron chi connectivity index (χ4n) is 3.71. The molecule has 0 N–H and O–H groups in total. The van der Waals surface area contributed by atoms with Gasteiger partial charge in [-0.15, -0.1) is 0 Å². The van der Waals surface area contributed by atoms with E-state index in [1.165, 1.54) is 18.0 Å². The average Bonchev–Trinajstić information content (AvgIpc) is 2.94. The lowest BCUT2D eigenvalue weighted by Gasteiger charge is -2.11. The summed E-state index contributed by atoms with van der Waals surface area (Å²) >= 11 is 0. The van der Waals surface area contributed by atoms with Crippen molar-refractivity contribution in [3.05, 3.63) is 125 Å². The zero-order valence-electron chi connectivity index (χ0n) is 19.4. The van der Waals surface area contributed by atoms with Gasteiger partial charge in [-0.3, -0.25) is 4.79 Å². The Hall–Kier alpha value is -5.04. The first-order chi connectivity index (χ1) is 17.6. The van der Waals surface area contributed by atoms with Crippen LogP contribution in [-0.2, 0) is 0 Å². The average molecular weight is 476 g/mol. The van der Waals surface area contributed by atoms with Crippen molar-refractivity contribution in [3.8, 4) is 22.9 Å². The van der Waals surface area contributed by atoms with Crippen LogP contribution in [0, 0.1) is 0 Å². The van der Waals surface area contributed by atoms with Crippen molar-refractivity contribution < 1.29 is 14.3 Å².